The van der Waals surface area contributed by atoms with Gasteiger partial charge in [0, 0.05) is 22.6 Å². The van der Waals surface area contributed by atoms with Crippen LogP contribution in [-0.2, 0) is 26.2 Å². The number of anilines is 1. The number of hydrogen-bond acceptors (Lipinski definition) is 4. The highest BCUT2D eigenvalue weighted by Crippen LogP contribution is 2.26. The fraction of sp³-hybridized carbons (Fsp3) is 0.333. The van der Waals surface area contributed by atoms with Crippen LogP contribution in [0.2, 0.25) is 10.0 Å². The van der Waals surface area contributed by atoms with Crippen LogP contribution in [0.3, 0.4) is 0 Å². The molecule has 1 fully saturated rings. The first-order chi connectivity index (χ1) is 19.1. The Morgan fingerprint density at radius 2 is 1.57 bits per heavy atom. The molecule has 4 rings (SSSR count). The van der Waals surface area contributed by atoms with Crippen molar-refractivity contribution in [2.75, 3.05) is 10.8 Å². The minimum absolute atomic E-state index is 0.00182. The van der Waals surface area contributed by atoms with E-state index in [1.165, 1.54) is 29.2 Å². The van der Waals surface area contributed by atoms with Gasteiger partial charge in [0.25, 0.3) is 10.0 Å². The molecule has 0 bridgehead atoms. The first-order valence-electron chi connectivity index (χ1n) is 13.3. The van der Waals surface area contributed by atoms with E-state index >= 15 is 0 Å². The molecule has 0 unspecified atom stereocenters. The molecule has 1 N–H and O–H groups in total. The summed E-state index contributed by atoms with van der Waals surface area (Å²) in [6.45, 7) is 1.25. The van der Waals surface area contributed by atoms with Gasteiger partial charge in [0.2, 0.25) is 11.8 Å². The van der Waals surface area contributed by atoms with Gasteiger partial charge in [-0.3, -0.25) is 13.9 Å². The largest absolute Gasteiger partial charge is 0.352 e. The van der Waals surface area contributed by atoms with Crippen LogP contribution in [-0.4, -0.2) is 43.8 Å². The summed E-state index contributed by atoms with van der Waals surface area (Å²) in [6.07, 6.45) is 5.07. The zero-order valence-electron chi connectivity index (χ0n) is 22.3. The average Bonchev–Trinajstić information content (AvgIpc) is 2.95. The molecule has 212 valence electrons. The number of benzene rings is 3. The van der Waals surface area contributed by atoms with Crippen molar-refractivity contribution < 1.29 is 18.0 Å². The Morgan fingerprint density at radius 3 is 2.23 bits per heavy atom. The zero-order chi connectivity index (χ0) is 28.7. The van der Waals surface area contributed by atoms with Crippen LogP contribution >= 0.6 is 23.2 Å². The summed E-state index contributed by atoms with van der Waals surface area (Å²) in [5.41, 5.74) is 1.05. The van der Waals surface area contributed by atoms with E-state index in [0.29, 0.717) is 15.7 Å². The average molecular weight is 603 g/mol. The van der Waals surface area contributed by atoms with Crippen molar-refractivity contribution in [1.82, 2.24) is 10.2 Å². The van der Waals surface area contributed by atoms with E-state index < -0.39 is 28.5 Å². The summed E-state index contributed by atoms with van der Waals surface area (Å²) in [6, 6.07) is 20.5. The van der Waals surface area contributed by atoms with E-state index in [1.807, 2.05) is 6.07 Å². The van der Waals surface area contributed by atoms with Gasteiger partial charge in [-0.25, -0.2) is 8.42 Å². The SMILES string of the molecule is C[C@@H](C(=O)NC1CCCCC1)N(Cc1cccc(Cl)c1)C(=O)CN(c1ccccc1)S(=O)(=O)c1ccc(Cl)cc1. The monoisotopic (exact) mass is 601 g/mol. The molecule has 1 aliphatic carbocycles. The smallest absolute Gasteiger partial charge is 0.264 e. The minimum atomic E-state index is -4.14. The van der Waals surface area contributed by atoms with Crippen molar-refractivity contribution in [2.24, 2.45) is 0 Å². The molecule has 3 aromatic rings. The van der Waals surface area contributed by atoms with Gasteiger partial charge in [-0.2, -0.15) is 0 Å². The molecule has 0 radical (unpaired) electrons. The van der Waals surface area contributed by atoms with Gasteiger partial charge in [-0.1, -0.05) is 72.8 Å². The standard InChI is InChI=1S/C30H33Cl2N3O4S/c1-22(30(37)33-26-11-4-2-5-12-26)34(20-23-9-8-10-25(32)19-23)29(36)21-35(27-13-6-3-7-14-27)40(38,39)28-17-15-24(31)16-18-28/h3,6-10,13-19,22,26H,2,4-5,11-12,20-21H2,1H3,(H,33,37)/t22-/m0/s1. The molecule has 0 aromatic heterocycles. The predicted octanol–water partition coefficient (Wildman–Crippen LogP) is 6.05. The molecule has 0 aliphatic heterocycles. The summed E-state index contributed by atoms with van der Waals surface area (Å²) in [7, 11) is -4.14. The van der Waals surface area contributed by atoms with Gasteiger partial charge in [0.1, 0.15) is 12.6 Å². The maximum absolute atomic E-state index is 14.0. The van der Waals surface area contributed by atoms with Crippen molar-refractivity contribution in [2.45, 2.75) is 62.6 Å². The van der Waals surface area contributed by atoms with E-state index in [-0.39, 0.29) is 23.4 Å². The number of para-hydroxylation sites is 1. The number of nitrogens with one attached hydrogen (secondary N) is 1. The van der Waals surface area contributed by atoms with Crippen LogP contribution in [0.4, 0.5) is 5.69 Å². The quantitative estimate of drug-likeness (QED) is 0.306. The number of carbonyl (C=O) groups is 2. The Labute approximate surface area is 246 Å². The number of sulfonamides is 1. The Hall–Kier alpha value is -3.07. The van der Waals surface area contributed by atoms with Gasteiger partial charge < -0.3 is 10.2 Å². The van der Waals surface area contributed by atoms with Gasteiger partial charge in [-0.05, 0) is 73.9 Å². The lowest BCUT2D eigenvalue weighted by Crippen LogP contribution is -2.53. The molecule has 40 heavy (non-hydrogen) atoms. The number of rotatable bonds is 10. The van der Waals surface area contributed by atoms with E-state index in [2.05, 4.69) is 5.32 Å². The van der Waals surface area contributed by atoms with E-state index in [9.17, 15) is 18.0 Å². The van der Waals surface area contributed by atoms with Crippen molar-refractivity contribution >= 4 is 50.7 Å². The van der Waals surface area contributed by atoms with Gasteiger partial charge in [0.15, 0.2) is 0 Å². The summed E-state index contributed by atoms with van der Waals surface area (Å²) in [5, 5.41) is 3.99. The summed E-state index contributed by atoms with van der Waals surface area (Å²) < 4.78 is 28.6. The van der Waals surface area contributed by atoms with Gasteiger partial charge in [-0.15, -0.1) is 0 Å². The molecule has 2 amide bonds. The van der Waals surface area contributed by atoms with Crippen LogP contribution in [0.15, 0.2) is 83.8 Å². The molecule has 0 spiro atoms. The van der Waals surface area contributed by atoms with E-state index in [0.717, 1.165) is 42.0 Å². The highest BCUT2D eigenvalue weighted by atomic mass is 35.5. The van der Waals surface area contributed by atoms with E-state index in [1.54, 1.807) is 55.5 Å². The Morgan fingerprint density at radius 1 is 0.900 bits per heavy atom. The second-order valence-electron chi connectivity index (χ2n) is 9.97. The van der Waals surface area contributed by atoms with Crippen molar-refractivity contribution in [3.63, 3.8) is 0 Å². The van der Waals surface area contributed by atoms with Crippen molar-refractivity contribution in [3.05, 3.63) is 94.5 Å². The molecule has 10 heteroatoms. The first kappa shape index (κ1) is 29.9. The van der Waals surface area contributed by atoms with Crippen molar-refractivity contribution in [1.29, 1.82) is 0 Å². The lowest BCUT2D eigenvalue weighted by molar-refractivity contribution is -0.139. The molecular formula is C30H33Cl2N3O4S. The lowest BCUT2D eigenvalue weighted by Gasteiger charge is -2.33. The molecule has 3 aromatic carbocycles. The molecular weight excluding hydrogens is 569 g/mol. The fourth-order valence-corrected chi connectivity index (χ4v) is 6.59. The third-order valence-electron chi connectivity index (χ3n) is 7.09. The molecule has 1 saturated carbocycles. The third kappa shape index (κ3) is 7.56. The topological polar surface area (TPSA) is 86.8 Å². The second-order valence-corrected chi connectivity index (χ2v) is 12.7. The maximum atomic E-state index is 14.0. The van der Waals surface area contributed by atoms with Crippen LogP contribution in [0, 0.1) is 0 Å². The normalized spacial score (nSPS) is 14.8. The maximum Gasteiger partial charge on any atom is 0.264 e. The van der Waals surface area contributed by atoms with Crippen LogP contribution in [0.1, 0.15) is 44.6 Å². The molecule has 0 saturated heterocycles. The summed E-state index contributed by atoms with van der Waals surface area (Å²) >= 11 is 12.2. The third-order valence-corrected chi connectivity index (χ3v) is 9.36. The first-order valence-corrected chi connectivity index (χ1v) is 15.5. The Balaban J connectivity index is 1.65. The van der Waals surface area contributed by atoms with Gasteiger partial charge >= 0.3 is 0 Å². The zero-order valence-corrected chi connectivity index (χ0v) is 24.6. The Bertz CT molecular complexity index is 1410. The fourth-order valence-electron chi connectivity index (χ4n) is 4.84. The highest BCUT2D eigenvalue weighted by molar-refractivity contribution is 7.92. The van der Waals surface area contributed by atoms with Gasteiger partial charge in [0.05, 0.1) is 10.6 Å². The molecule has 1 atom stereocenters. The highest BCUT2D eigenvalue weighted by Gasteiger charge is 2.33. The minimum Gasteiger partial charge on any atom is -0.352 e. The van der Waals surface area contributed by atoms with Crippen LogP contribution < -0.4 is 9.62 Å². The van der Waals surface area contributed by atoms with E-state index in [4.69, 9.17) is 23.2 Å². The number of hydrogen-bond donors (Lipinski definition) is 1. The Kier molecular flexibility index (Phi) is 10.1. The predicted molar refractivity (Wildman–Crippen MR) is 159 cm³/mol. The van der Waals surface area contributed by atoms with Crippen molar-refractivity contribution in [3.8, 4) is 0 Å². The number of carbonyl (C=O) groups excluding carboxylic acids is 2. The molecule has 7 nitrogen and oxygen atoms in total. The number of nitrogens with zero attached hydrogens (tertiary/aromatic N) is 2. The second kappa shape index (κ2) is 13.5. The summed E-state index contributed by atoms with van der Waals surface area (Å²) in [4.78, 5) is 28.7. The lowest BCUT2D eigenvalue weighted by atomic mass is 9.95. The molecule has 0 heterocycles. The van der Waals surface area contributed by atoms with Crippen LogP contribution in [0.25, 0.3) is 0 Å². The molecule has 1 aliphatic rings. The number of halogens is 2. The van der Waals surface area contributed by atoms with Crippen LogP contribution in [0.5, 0.6) is 0 Å². The summed E-state index contributed by atoms with van der Waals surface area (Å²) in [5.74, 6) is -0.790. The number of amides is 2.